The average molecular weight is 422 g/mol. The molecular weight excluding hydrogens is 382 g/mol. The summed E-state index contributed by atoms with van der Waals surface area (Å²) < 4.78 is 19.6. The van der Waals surface area contributed by atoms with Crippen molar-refractivity contribution in [1.82, 2.24) is 15.0 Å². The van der Waals surface area contributed by atoms with Crippen molar-refractivity contribution < 1.29 is 19.3 Å². The van der Waals surface area contributed by atoms with Crippen molar-refractivity contribution in [2.75, 3.05) is 0 Å². The summed E-state index contributed by atoms with van der Waals surface area (Å²) in [5, 5.41) is 20.3. The third kappa shape index (κ3) is 4.31. The Labute approximate surface area is 180 Å². The lowest BCUT2D eigenvalue weighted by Crippen LogP contribution is -2.44. The molecule has 1 aromatic heterocycles. The Morgan fingerprint density at radius 3 is 2.27 bits per heavy atom. The van der Waals surface area contributed by atoms with Crippen LogP contribution in [0.3, 0.4) is 0 Å². The highest BCUT2D eigenvalue weighted by Gasteiger charge is 2.68. The van der Waals surface area contributed by atoms with E-state index in [1.807, 2.05) is 13.8 Å². The van der Waals surface area contributed by atoms with Crippen LogP contribution in [0.15, 0.2) is 0 Å². The zero-order chi connectivity index (χ0) is 21.2. The normalized spacial score (nSPS) is 31.1. The maximum Gasteiger partial charge on any atom is 0.191 e. The minimum Gasteiger partial charge on any atom is -0.378 e. The highest BCUT2D eigenvalue weighted by Crippen LogP contribution is 2.51. The molecule has 0 aliphatic carbocycles. The van der Waals surface area contributed by atoms with Crippen LogP contribution in [0.5, 0.6) is 0 Å². The predicted octanol–water partition coefficient (Wildman–Crippen LogP) is 4.21. The monoisotopic (exact) mass is 421 g/mol. The third-order valence-corrected chi connectivity index (χ3v) is 6.82. The lowest BCUT2D eigenvalue weighted by molar-refractivity contribution is -0.228. The van der Waals surface area contributed by atoms with Gasteiger partial charge in [-0.1, -0.05) is 76.3 Å². The molecule has 7 nitrogen and oxygen atoms in total. The fourth-order valence-electron chi connectivity index (χ4n) is 5.24. The van der Waals surface area contributed by atoms with Crippen molar-refractivity contribution in [3.05, 3.63) is 11.4 Å². The number of aliphatic hydroxyl groups is 1. The first-order valence-electron chi connectivity index (χ1n) is 12.1. The molecule has 0 amide bonds. The smallest absolute Gasteiger partial charge is 0.191 e. The molecule has 1 aromatic rings. The Kier molecular flexibility index (Phi) is 6.82. The molecule has 3 aliphatic heterocycles. The van der Waals surface area contributed by atoms with Crippen molar-refractivity contribution in [3.63, 3.8) is 0 Å². The van der Waals surface area contributed by atoms with Crippen LogP contribution in [-0.4, -0.2) is 44.4 Å². The Bertz CT molecular complexity index is 707. The lowest BCUT2D eigenvalue weighted by atomic mass is 9.89. The molecule has 0 spiro atoms. The van der Waals surface area contributed by atoms with Gasteiger partial charge in [0.15, 0.2) is 17.7 Å². The molecule has 0 saturated carbocycles. The van der Waals surface area contributed by atoms with Crippen LogP contribution in [-0.2, 0) is 32.8 Å². The Morgan fingerprint density at radius 1 is 0.967 bits per heavy atom. The molecule has 7 heteroatoms. The van der Waals surface area contributed by atoms with Crippen molar-refractivity contribution >= 4 is 0 Å². The van der Waals surface area contributed by atoms with E-state index >= 15 is 0 Å². The topological polar surface area (TPSA) is 78.6 Å². The Hall–Kier alpha value is -1.02. The van der Waals surface area contributed by atoms with Crippen molar-refractivity contribution in [2.45, 2.75) is 134 Å². The molecule has 1 unspecified atom stereocenters. The van der Waals surface area contributed by atoms with E-state index in [9.17, 15) is 5.11 Å². The molecule has 0 radical (unpaired) electrons. The lowest BCUT2D eigenvalue weighted by Gasteiger charge is -2.28. The molecule has 30 heavy (non-hydrogen) atoms. The Balaban J connectivity index is 1.22. The summed E-state index contributed by atoms with van der Waals surface area (Å²) in [6.07, 6.45) is 13.8. The number of nitrogens with zero attached hydrogens (tertiary/aromatic N) is 3. The number of hydrogen-bond acceptors (Lipinski definition) is 6. The summed E-state index contributed by atoms with van der Waals surface area (Å²) in [5.74, 6) is -0.757. The summed E-state index contributed by atoms with van der Waals surface area (Å²) in [6.45, 7) is 6.47. The highest BCUT2D eigenvalue weighted by atomic mass is 16.8. The van der Waals surface area contributed by atoms with Gasteiger partial charge in [0, 0.05) is 0 Å². The second-order valence-electron chi connectivity index (χ2n) is 9.73. The fraction of sp³-hybridized carbons (Fsp3) is 0.913. The molecule has 2 fully saturated rings. The van der Waals surface area contributed by atoms with E-state index < -0.39 is 23.8 Å². The van der Waals surface area contributed by atoms with E-state index in [4.69, 9.17) is 14.2 Å². The maximum absolute atomic E-state index is 11.6. The van der Waals surface area contributed by atoms with Gasteiger partial charge < -0.3 is 19.3 Å². The average Bonchev–Trinajstić information content (AvgIpc) is 3.37. The van der Waals surface area contributed by atoms with Gasteiger partial charge in [0.1, 0.15) is 12.2 Å². The summed E-state index contributed by atoms with van der Waals surface area (Å²) in [5.41, 5.74) is 0.427. The number of aryl methyl sites for hydroxylation is 1. The van der Waals surface area contributed by atoms with Gasteiger partial charge >= 0.3 is 0 Å². The van der Waals surface area contributed by atoms with Crippen molar-refractivity contribution in [1.29, 1.82) is 0 Å². The zero-order valence-electron chi connectivity index (χ0n) is 18.9. The van der Waals surface area contributed by atoms with Crippen molar-refractivity contribution in [3.8, 4) is 0 Å². The van der Waals surface area contributed by atoms with E-state index in [1.165, 1.54) is 64.2 Å². The largest absolute Gasteiger partial charge is 0.378 e. The molecule has 3 aliphatic rings. The van der Waals surface area contributed by atoms with E-state index in [-0.39, 0.29) is 6.10 Å². The van der Waals surface area contributed by atoms with Gasteiger partial charge in [-0.15, -0.1) is 5.10 Å². The first-order chi connectivity index (χ1) is 14.5. The van der Waals surface area contributed by atoms with Gasteiger partial charge in [0.2, 0.25) is 0 Å². The highest BCUT2D eigenvalue weighted by molar-refractivity contribution is 5.30. The van der Waals surface area contributed by atoms with Crippen LogP contribution in [0, 0.1) is 0 Å². The number of rotatable bonds is 12. The summed E-state index contributed by atoms with van der Waals surface area (Å²) in [4.78, 5) is 0. The van der Waals surface area contributed by atoms with Gasteiger partial charge in [-0.3, -0.25) is 0 Å². The quantitative estimate of drug-likeness (QED) is 0.509. The number of hydrogen-bond donors (Lipinski definition) is 1. The van der Waals surface area contributed by atoms with Crippen LogP contribution in [0.2, 0.25) is 0 Å². The summed E-state index contributed by atoms with van der Waals surface area (Å²) in [7, 11) is 0. The first-order valence-corrected chi connectivity index (χ1v) is 12.1. The number of ether oxygens (including phenoxy) is 3. The number of aromatic nitrogens is 3. The van der Waals surface area contributed by atoms with Gasteiger partial charge in [-0.2, -0.15) is 0 Å². The molecule has 0 aromatic carbocycles. The second-order valence-corrected chi connectivity index (χ2v) is 9.73. The van der Waals surface area contributed by atoms with Gasteiger partial charge in [-0.05, 0) is 26.7 Å². The van der Waals surface area contributed by atoms with E-state index in [0.29, 0.717) is 6.54 Å². The molecule has 1 N–H and O–H groups in total. The summed E-state index contributed by atoms with van der Waals surface area (Å²) in [6, 6.07) is 0. The maximum atomic E-state index is 11.6. The first kappa shape index (κ1) is 22.2. The molecular formula is C23H39N3O4. The molecule has 0 bridgehead atoms. The Morgan fingerprint density at radius 2 is 1.60 bits per heavy atom. The number of fused-ring (bicyclic) bond motifs is 5. The van der Waals surface area contributed by atoms with Crippen LogP contribution in [0.25, 0.3) is 0 Å². The van der Waals surface area contributed by atoms with Gasteiger partial charge in [0.25, 0.3) is 0 Å². The van der Waals surface area contributed by atoms with E-state index in [0.717, 1.165) is 24.2 Å². The molecule has 170 valence electrons. The van der Waals surface area contributed by atoms with Gasteiger partial charge in [0.05, 0.1) is 17.9 Å². The molecule has 4 atom stereocenters. The fourth-order valence-corrected chi connectivity index (χ4v) is 5.24. The predicted molar refractivity (Wildman–Crippen MR) is 113 cm³/mol. The molecule has 2 saturated heterocycles. The van der Waals surface area contributed by atoms with Gasteiger partial charge in [-0.25, -0.2) is 4.68 Å². The minimum absolute atomic E-state index is 0.384. The second kappa shape index (κ2) is 9.23. The van der Waals surface area contributed by atoms with Crippen LogP contribution in [0.4, 0.5) is 0 Å². The van der Waals surface area contributed by atoms with Crippen molar-refractivity contribution in [2.24, 2.45) is 0 Å². The number of unbranched alkanes of at least 4 members (excludes halogenated alkanes) is 10. The van der Waals surface area contributed by atoms with Crippen LogP contribution in [0.1, 0.15) is 103 Å². The standard InChI is InChI=1S/C23H39N3O4/c1-4-5-6-7-8-9-10-11-12-13-14-15-17-19-23(27)18(16-26(19)25-24-17)28-21-20(23)29-22(2,3)30-21/h18,20-21,27H,4-16H2,1-3H3/t18?,20-,21+,23-/m0/s1. The molecule has 4 rings (SSSR count). The molecule has 4 heterocycles. The van der Waals surface area contributed by atoms with E-state index in [2.05, 4.69) is 17.2 Å². The minimum atomic E-state index is -1.23. The third-order valence-electron chi connectivity index (χ3n) is 6.82. The van der Waals surface area contributed by atoms with E-state index in [1.54, 1.807) is 4.68 Å². The SMILES string of the molecule is CCCCCCCCCCCCCc1nnn2c1[C@@]1(O)C(C2)O[C@@H]2OC(C)(C)O[C@@H]21. The van der Waals surface area contributed by atoms with Crippen LogP contribution < -0.4 is 0 Å². The zero-order valence-corrected chi connectivity index (χ0v) is 18.9. The van der Waals surface area contributed by atoms with Crippen LogP contribution >= 0.6 is 0 Å². The summed E-state index contributed by atoms with van der Waals surface area (Å²) >= 11 is 0.